The van der Waals surface area contributed by atoms with Crippen molar-refractivity contribution in [1.29, 1.82) is 0 Å². The Kier molecular flexibility index (Phi) is 2.00. The molecule has 2 fully saturated rings. The topological polar surface area (TPSA) is 40.6 Å². The number of carbonyl (C=O) groups is 2. The molecule has 0 spiro atoms. The molecular formula is C13H16N2O2. The second kappa shape index (κ2) is 3.22. The molecular weight excluding hydrogens is 216 g/mol. The first-order chi connectivity index (χ1) is 8.01. The van der Waals surface area contributed by atoms with Crippen LogP contribution in [0.3, 0.4) is 0 Å². The summed E-state index contributed by atoms with van der Waals surface area (Å²) in [6.07, 6.45) is 7.83. The van der Waals surface area contributed by atoms with Gasteiger partial charge in [0.1, 0.15) is 11.4 Å². The third-order valence-electron chi connectivity index (χ3n) is 3.61. The fraction of sp³-hybridized carbons (Fsp3) is 0.538. The number of fused-ring (bicyclic) bond motifs is 1. The lowest BCUT2D eigenvalue weighted by Crippen LogP contribution is -2.41. The normalized spacial score (nSPS) is 27.1. The average molecular weight is 232 g/mol. The van der Waals surface area contributed by atoms with Gasteiger partial charge in [0.2, 0.25) is 0 Å². The fourth-order valence-corrected chi connectivity index (χ4v) is 2.47. The number of amides is 1. The molecule has 2 heterocycles. The van der Waals surface area contributed by atoms with Crippen LogP contribution in [0.15, 0.2) is 24.2 Å². The predicted octanol–water partition coefficient (Wildman–Crippen LogP) is 1.40. The number of rotatable bonds is 1. The third-order valence-corrected chi connectivity index (χ3v) is 3.61. The maximum Gasteiger partial charge on any atom is 0.254 e. The second-order valence-corrected chi connectivity index (χ2v) is 5.39. The SMILES string of the molecule is CC1(C)C(=O)N(C2CC2)C2=CC(=O)CC=CN21. The van der Waals surface area contributed by atoms with Crippen LogP contribution in [0.4, 0.5) is 0 Å². The van der Waals surface area contributed by atoms with Crippen molar-refractivity contribution in [1.82, 2.24) is 9.80 Å². The van der Waals surface area contributed by atoms with Gasteiger partial charge in [0, 0.05) is 24.7 Å². The highest BCUT2D eigenvalue weighted by atomic mass is 16.2. The van der Waals surface area contributed by atoms with Gasteiger partial charge >= 0.3 is 0 Å². The molecule has 90 valence electrons. The van der Waals surface area contributed by atoms with Crippen molar-refractivity contribution in [3.05, 3.63) is 24.2 Å². The molecule has 17 heavy (non-hydrogen) atoms. The summed E-state index contributed by atoms with van der Waals surface area (Å²) in [5.74, 6) is 0.932. The molecule has 1 saturated heterocycles. The Hall–Kier alpha value is -1.58. The molecule has 4 heteroatoms. The molecule has 0 aromatic rings. The van der Waals surface area contributed by atoms with Crippen molar-refractivity contribution < 1.29 is 9.59 Å². The van der Waals surface area contributed by atoms with Gasteiger partial charge in [-0.25, -0.2) is 0 Å². The average Bonchev–Trinajstić information content (AvgIpc) is 3.04. The van der Waals surface area contributed by atoms with Crippen molar-refractivity contribution in [2.24, 2.45) is 0 Å². The van der Waals surface area contributed by atoms with Gasteiger partial charge in [0.15, 0.2) is 5.78 Å². The predicted molar refractivity (Wildman–Crippen MR) is 62.6 cm³/mol. The first-order valence-corrected chi connectivity index (χ1v) is 6.06. The van der Waals surface area contributed by atoms with Gasteiger partial charge < -0.3 is 4.90 Å². The molecule has 1 saturated carbocycles. The molecule has 0 aromatic heterocycles. The number of hydrogen-bond acceptors (Lipinski definition) is 3. The van der Waals surface area contributed by atoms with E-state index in [-0.39, 0.29) is 11.7 Å². The summed E-state index contributed by atoms with van der Waals surface area (Å²) >= 11 is 0. The lowest BCUT2D eigenvalue weighted by Gasteiger charge is -2.26. The quantitative estimate of drug-likeness (QED) is 0.686. The van der Waals surface area contributed by atoms with Crippen LogP contribution in [0.5, 0.6) is 0 Å². The van der Waals surface area contributed by atoms with E-state index in [9.17, 15) is 9.59 Å². The van der Waals surface area contributed by atoms with Gasteiger partial charge in [-0.05, 0) is 26.7 Å². The molecule has 0 N–H and O–H groups in total. The molecule has 4 nitrogen and oxygen atoms in total. The van der Waals surface area contributed by atoms with Gasteiger partial charge in [-0.1, -0.05) is 6.08 Å². The number of ketones is 1. The minimum Gasteiger partial charge on any atom is -0.320 e. The van der Waals surface area contributed by atoms with Gasteiger partial charge in [-0.15, -0.1) is 0 Å². The number of carbonyl (C=O) groups excluding carboxylic acids is 2. The lowest BCUT2D eigenvalue weighted by atomic mass is 10.0. The van der Waals surface area contributed by atoms with Crippen LogP contribution in [-0.4, -0.2) is 33.1 Å². The maximum absolute atomic E-state index is 12.4. The van der Waals surface area contributed by atoms with E-state index in [0.717, 1.165) is 18.7 Å². The first-order valence-electron chi connectivity index (χ1n) is 6.06. The molecule has 0 atom stereocenters. The fourth-order valence-electron chi connectivity index (χ4n) is 2.47. The van der Waals surface area contributed by atoms with Crippen molar-refractivity contribution in [3.8, 4) is 0 Å². The van der Waals surface area contributed by atoms with Crippen LogP contribution >= 0.6 is 0 Å². The molecule has 0 aromatic carbocycles. The Morgan fingerprint density at radius 2 is 2.00 bits per heavy atom. The zero-order valence-electron chi connectivity index (χ0n) is 10.1. The van der Waals surface area contributed by atoms with Gasteiger partial charge in [-0.3, -0.25) is 14.5 Å². The zero-order valence-corrected chi connectivity index (χ0v) is 10.1. The van der Waals surface area contributed by atoms with Crippen molar-refractivity contribution in [2.45, 2.75) is 44.7 Å². The summed E-state index contributed by atoms with van der Waals surface area (Å²) in [5.41, 5.74) is -0.574. The summed E-state index contributed by atoms with van der Waals surface area (Å²) in [7, 11) is 0. The van der Waals surface area contributed by atoms with E-state index in [1.54, 1.807) is 6.08 Å². The molecule has 0 radical (unpaired) electrons. The number of hydrogen-bond donors (Lipinski definition) is 0. The third kappa shape index (κ3) is 1.43. The van der Waals surface area contributed by atoms with Gasteiger partial charge in [0.05, 0.1) is 0 Å². The molecule has 0 unspecified atom stereocenters. The van der Waals surface area contributed by atoms with Crippen molar-refractivity contribution >= 4 is 11.7 Å². The van der Waals surface area contributed by atoms with Gasteiger partial charge in [-0.2, -0.15) is 0 Å². The molecule has 3 aliphatic rings. The number of nitrogens with zero attached hydrogens (tertiary/aromatic N) is 2. The maximum atomic E-state index is 12.4. The van der Waals surface area contributed by atoms with E-state index in [1.165, 1.54) is 0 Å². The standard InChI is InChI=1S/C13H16N2O2/c1-13(2)12(17)15(9-5-6-9)11-8-10(16)4-3-7-14(11)13/h3,7-9H,4-6H2,1-2H3. The Morgan fingerprint density at radius 3 is 2.65 bits per heavy atom. The lowest BCUT2D eigenvalue weighted by molar-refractivity contribution is -0.132. The van der Waals surface area contributed by atoms with Crippen LogP contribution in [-0.2, 0) is 9.59 Å². The Balaban J connectivity index is 2.10. The minimum atomic E-state index is -0.574. The van der Waals surface area contributed by atoms with E-state index < -0.39 is 5.54 Å². The van der Waals surface area contributed by atoms with Crippen molar-refractivity contribution in [2.75, 3.05) is 0 Å². The van der Waals surface area contributed by atoms with E-state index in [2.05, 4.69) is 0 Å². The van der Waals surface area contributed by atoms with Crippen molar-refractivity contribution in [3.63, 3.8) is 0 Å². The van der Waals surface area contributed by atoms with E-state index in [4.69, 9.17) is 0 Å². The highest BCUT2D eigenvalue weighted by molar-refractivity contribution is 5.96. The zero-order chi connectivity index (χ0) is 12.2. The van der Waals surface area contributed by atoms with Gasteiger partial charge in [0.25, 0.3) is 5.91 Å². The van der Waals surface area contributed by atoms with Crippen LogP contribution in [0.2, 0.25) is 0 Å². The molecule has 2 aliphatic heterocycles. The smallest absolute Gasteiger partial charge is 0.254 e. The van der Waals surface area contributed by atoms with E-state index >= 15 is 0 Å². The second-order valence-electron chi connectivity index (χ2n) is 5.39. The summed E-state index contributed by atoms with van der Waals surface area (Å²) in [6, 6.07) is 0.303. The summed E-state index contributed by atoms with van der Waals surface area (Å²) in [6.45, 7) is 3.82. The highest BCUT2D eigenvalue weighted by Crippen LogP contribution is 2.42. The van der Waals surface area contributed by atoms with Crippen LogP contribution in [0.25, 0.3) is 0 Å². The monoisotopic (exact) mass is 232 g/mol. The van der Waals surface area contributed by atoms with Crippen LogP contribution < -0.4 is 0 Å². The largest absolute Gasteiger partial charge is 0.320 e. The first kappa shape index (κ1) is 10.6. The van der Waals surface area contributed by atoms with Crippen LogP contribution in [0.1, 0.15) is 33.1 Å². The van der Waals surface area contributed by atoms with Crippen LogP contribution in [0, 0.1) is 0 Å². The minimum absolute atomic E-state index is 0.0647. The Bertz CT molecular complexity index is 458. The van der Waals surface area contributed by atoms with E-state index in [0.29, 0.717) is 12.5 Å². The number of allylic oxidation sites excluding steroid dienone is 2. The molecule has 3 rings (SSSR count). The molecule has 1 amide bonds. The Labute approximate surface area is 101 Å². The molecule has 0 bridgehead atoms. The summed E-state index contributed by atoms with van der Waals surface area (Å²) in [5, 5.41) is 0. The van der Waals surface area contributed by atoms with E-state index in [1.807, 2.05) is 35.9 Å². The summed E-state index contributed by atoms with van der Waals surface area (Å²) < 4.78 is 0. The molecule has 1 aliphatic carbocycles. The highest BCUT2D eigenvalue weighted by Gasteiger charge is 2.52. The Morgan fingerprint density at radius 1 is 1.29 bits per heavy atom. The summed E-state index contributed by atoms with van der Waals surface area (Å²) in [4.78, 5) is 27.8.